The van der Waals surface area contributed by atoms with E-state index in [9.17, 15) is 13.5 Å². The maximum Gasteiger partial charge on any atom is 0.242 e. The Kier molecular flexibility index (Phi) is 5.87. The van der Waals surface area contributed by atoms with E-state index in [1.165, 1.54) is 18.2 Å². The van der Waals surface area contributed by atoms with Gasteiger partial charge < -0.3 is 5.11 Å². The van der Waals surface area contributed by atoms with Gasteiger partial charge in [-0.15, -0.1) is 0 Å². The van der Waals surface area contributed by atoms with Gasteiger partial charge in [0.25, 0.3) is 0 Å². The van der Waals surface area contributed by atoms with Crippen molar-refractivity contribution in [2.24, 2.45) is 5.41 Å². The molecule has 0 saturated carbocycles. The molecule has 1 atom stereocenters. The van der Waals surface area contributed by atoms with Gasteiger partial charge in [0.15, 0.2) is 0 Å². The molecule has 114 valence electrons. The van der Waals surface area contributed by atoms with Crippen molar-refractivity contribution in [1.82, 2.24) is 4.72 Å². The lowest BCUT2D eigenvalue weighted by Crippen LogP contribution is -2.34. The van der Waals surface area contributed by atoms with Crippen molar-refractivity contribution in [3.63, 3.8) is 0 Å². The van der Waals surface area contributed by atoms with E-state index < -0.39 is 16.1 Å². The summed E-state index contributed by atoms with van der Waals surface area (Å²) in [6, 6.07) is 4.21. The fourth-order valence-electron chi connectivity index (χ4n) is 1.75. The second kappa shape index (κ2) is 6.62. The molecule has 0 aliphatic carbocycles. The summed E-state index contributed by atoms with van der Waals surface area (Å²) < 4.78 is 26.6. The number of rotatable bonds is 5. The first-order valence-corrected chi connectivity index (χ1v) is 8.38. The molecule has 1 rings (SSSR count). The van der Waals surface area contributed by atoms with Gasteiger partial charge in [-0.25, -0.2) is 13.1 Å². The molecule has 0 aliphatic heterocycles. The largest absolute Gasteiger partial charge is 0.392 e. The highest BCUT2D eigenvalue weighted by atomic mass is 35.5. The highest BCUT2D eigenvalue weighted by molar-refractivity contribution is 7.89. The van der Waals surface area contributed by atoms with Gasteiger partial charge in [-0.3, -0.25) is 0 Å². The maximum atomic E-state index is 12.1. The first-order chi connectivity index (χ1) is 9.01. The van der Waals surface area contributed by atoms with Crippen LogP contribution in [0, 0.1) is 5.41 Å². The smallest absolute Gasteiger partial charge is 0.242 e. The van der Waals surface area contributed by atoms with Crippen molar-refractivity contribution in [2.45, 2.75) is 38.2 Å². The zero-order valence-corrected chi connectivity index (χ0v) is 14.0. The van der Waals surface area contributed by atoms with Crippen LogP contribution in [0.2, 0.25) is 10.0 Å². The van der Waals surface area contributed by atoms with E-state index in [2.05, 4.69) is 4.72 Å². The molecule has 0 spiro atoms. The zero-order valence-electron chi connectivity index (χ0n) is 11.7. The van der Waals surface area contributed by atoms with Crippen LogP contribution in [-0.2, 0) is 10.0 Å². The van der Waals surface area contributed by atoms with Crippen LogP contribution in [-0.4, -0.2) is 26.2 Å². The summed E-state index contributed by atoms with van der Waals surface area (Å²) in [6.07, 6.45) is -0.276. The number of nitrogens with one attached hydrogen (secondary N) is 1. The van der Waals surface area contributed by atoms with E-state index >= 15 is 0 Å². The van der Waals surface area contributed by atoms with Gasteiger partial charge in [0.05, 0.1) is 11.1 Å². The first-order valence-electron chi connectivity index (χ1n) is 6.14. The fourth-order valence-corrected chi connectivity index (χ4v) is 3.58. The van der Waals surface area contributed by atoms with Crippen LogP contribution < -0.4 is 4.72 Å². The number of hydrogen-bond acceptors (Lipinski definition) is 3. The summed E-state index contributed by atoms with van der Waals surface area (Å²) in [7, 11) is -3.79. The Bertz CT molecular complexity index is 567. The van der Waals surface area contributed by atoms with E-state index in [4.69, 9.17) is 23.2 Å². The van der Waals surface area contributed by atoms with E-state index in [1.807, 2.05) is 20.8 Å². The summed E-state index contributed by atoms with van der Waals surface area (Å²) in [5.41, 5.74) is -0.0848. The lowest BCUT2D eigenvalue weighted by atomic mass is 9.89. The highest BCUT2D eigenvalue weighted by Crippen LogP contribution is 2.25. The molecule has 2 N–H and O–H groups in total. The molecule has 7 heteroatoms. The van der Waals surface area contributed by atoms with Crippen molar-refractivity contribution in [3.05, 3.63) is 28.2 Å². The van der Waals surface area contributed by atoms with Gasteiger partial charge in [0.2, 0.25) is 10.0 Å². The van der Waals surface area contributed by atoms with Crippen molar-refractivity contribution < 1.29 is 13.5 Å². The van der Waals surface area contributed by atoms with Crippen LogP contribution in [0.5, 0.6) is 0 Å². The third-order valence-corrected chi connectivity index (χ3v) is 4.68. The Labute approximate surface area is 130 Å². The molecule has 1 aromatic rings. The lowest BCUT2D eigenvalue weighted by Gasteiger charge is -2.22. The molecule has 4 nitrogen and oxygen atoms in total. The number of aliphatic hydroxyl groups excluding tert-OH is 1. The molecule has 0 heterocycles. The molecule has 0 radical (unpaired) electrons. The van der Waals surface area contributed by atoms with Crippen LogP contribution in [0.15, 0.2) is 23.1 Å². The van der Waals surface area contributed by atoms with Crippen molar-refractivity contribution in [2.75, 3.05) is 6.54 Å². The third kappa shape index (κ3) is 5.58. The molecule has 1 unspecified atom stereocenters. The Morgan fingerprint density at radius 3 is 2.45 bits per heavy atom. The van der Waals surface area contributed by atoms with Crippen LogP contribution in [0.3, 0.4) is 0 Å². The average molecular weight is 340 g/mol. The number of hydrogen-bond donors (Lipinski definition) is 2. The summed E-state index contributed by atoms with van der Waals surface area (Å²) in [4.78, 5) is -0.0883. The Hall–Kier alpha value is -0.330. The minimum absolute atomic E-state index is 0.0670. The average Bonchev–Trinajstić information content (AvgIpc) is 2.27. The molecular formula is C13H19Cl2NO3S. The minimum atomic E-state index is -3.79. The standard InChI is InChI=1S/C13H19Cl2NO3S/c1-13(2,3)7-10(17)8-16-20(18,19)12-6-9(14)4-5-11(12)15/h4-6,10,16-17H,7-8H2,1-3H3. The Morgan fingerprint density at radius 1 is 1.30 bits per heavy atom. The third-order valence-electron chi connectivity index (χ3n) is 2.54. The van der Waals surface area contributed by atoms with Crippen LogP contribution in [0.1, 0.15) is 27.2 Å². The highest BCUT2D eigenvalue weighted by Gasteiger charge is 2.22. The molecule has 0 saturated heterocycles. The van der Waals surface area contributed by atoms with Crippen molar-refractivity contribution >= 4 is 33.2 Å². The van der Waals surface area contributed by atoms with E-state index in [1.54, 1.807) is 0 Å². The predicted octanol–water partition coefficient (Wildman–Crippen LogP) is 3.07. The first kappa shape index (κ1) is 17.7. The van der Waals surface area contributed by atoms with E-state index in [-0.39, 0.29) is 26.9 Å². The number of benzene rings is 1. The molecule has 0 fully saturated rings. The summed E-state index contributed by atoms with van der Waals surface area (Å²) in [5.74, 6) is 0. The number of halogens is 2. The van der Waals surface area contributed by atoms with Gasteiger partial charge >= 0.3 is 0 Å². The monoisotopic (exact) mass is 339 g/mol. The Balaban J connectivity index is 2.78. The number of sulfonamides is 1. The molecule has 0 amide bonds. The second-order valence-corrected chi connectivity index (χ2v) is 8.42. The van der Waals surface area contributed by atoms with Gasteiger partial charge in [0, 0.05) is 11.6 Å². The van der Waals surface area contributed by atoms with Crippen LogP contribution >= 0.6 is 23.2 Å². The quantitative estimate of drug-likeness (QED) is 0.866. The molecule has 20 heavy (non-hydrogen) atoms. The van der Waals surface area contributed by atoms with Gasteiger partial charge in [-0.1, -0.05) is 44.0 Å². The Morgan fingerprint density at radius 2 is 1.90 bits per heavy atom. The minimum Gasteiger partial charge on any atom is -0.392 e. The van der Waals surface area contributed by atoms with E-state index in [0.717, 1.165) is 0 Å². The molecule has 0 aliphatic rings. The van der Waals surface area contributed by atoms with Crippen LogP contribution in [0.4, 0.5) is 0 Å². The summed E-state index contributed by atoms with van der Waals surface area (Å²) >= 11 is 11.6. The van der Waals surface area contributed by atoms with Gasteiger partial charge in [0.1, 0.15) is 4.90 Å². The van der Waals surface area contributed by atoms with Crippen LogP contribution in [0.25, 0.3) is 0 Å². The van der Waals surface area contributed by atoms with Crippen molar-refractivity contribution in [1.29, 1.82) is 0 Å². The second-order valence-electron chi connectivity index (χ2n) is 5.85. The maximum absolute atomic E-state index is 12.1. The normalized spacial score (nSPS) is 14.3. The summed E-state index contributed by atoms with van der Waals surface area (Å²) in [6.45, 7) is 5.85. The lowest BCUT2D eigenvalue weighted by molar-refractivity contribution is 0.125. The zero-order chi connectivity index (χ0) is 15.6. The molecule has 0 aromatic heterocycles. The van der Waals surface area contributed by atoms with Gasteiger partial charge in [-0.2, -0.15) is 0 Å². The molecule has 0 bridgehead atoms. The van der Waals surface area contributed by atoms with E-state index in [0.29, 0.717) is 6.42 Å². The SMILES string of the molecule is CC(C)(C)CC(O)CNS(=O)(=O)c1cc(Cl)ccc1Cl. The van der Waals surface area contributed by atoms with Gasteiger partial charge in [-0.05, 0) is 30.0 Å². The number of aliphatic hydroxyl groups is 1. The summed E-state index contributed by atoms with van der Waals surface area (Å²) in [5, 5.41) is 10.2. The predicted molar refractivity (Wildman–Crippen MR) is 81.7 cm³/mol. The topological polar surface area (TPSA) is 66.4 Å². The fraction of sp³-hybridized carbons (Fsp3) is 0.538. The van der Waals surface area contributed by atoms with Crippen molar-refractivity contribution in [3.8, 4) is 0 Å². The molecular weight excluding hydrogens is 321 g/mol. The molecule has 1 aromatic carbocycles.